The SMILES string of the molecule is O=C(Nc1c(C(=O)c2ccc(Br)cc2)oc2ccccc12)c1ccccc1F. The molecule has 0 saturated heterocycles. The first-order valence-electron chi connectivity index (χ1n) is 8.42. The molecule has 0 atom stereocenters. The van der Waals surface area contributed by atoms with Gasteiger partial charge in [-0.2, -0.15) is 0 Å². The van der Waals surface area contributed by atoms with E-state index in [0.717, 1.165) is 4.47 Å². The second-order valence-electron chi connectivity index (χ2n) is 6.07. The highest BCUT2D eigenvalue weighted by atomic mass is 79.9. The first-order valence-corrected chi connectivity index (χ1v) is 9.21. The molecule has 1 aromatic heterocycles. The van der Waals surface area contributed by atoms with Gasteiger partial charge in [0.2, 0.25) is 5.78 Å². The fourth-order valence-corrected chi connectivity index (χ4v) is 3.15. The molecule has 28 heavy (non-hydrogen) atoms. The van der Waals surface area contributed by atoms with E-state index >= 15 is 0 Å². The maximum atomic E-state index is 14.0. The summed E-state index contributed by atoms with van der Waals surface area (Å²) in [4.78, 5) is 25.6. The van der Waals surface area contributed by atoms with E-state index in [4.69, 9.17) is 4.42 Å². The van der Waals surface area contributed by atoms with Crippen molar-refractivity contribution in [3.63, 3.8) is 0 Å². The summed E-state index contributed by atoms with van der Waals surface area (Å²) >= 11 is 3.33. The third-order valence-corrected chi connectivity index (χ3v) is 4.79. The average Bonchev–Trinajstić information content (AvgIpc) is 3.07. The number of carbonyl (C=O) groups excluding carboxylic acids is 2. The summed E-state index contributed by atoms with van der Waals surface area (Å²) in [6.45, 7) is 0. The quantitative estimate of drug-likeness (QED) is 0.409. The Bertz CT molecular complexity index is 1200. The molecule has 0 radical (unpaired) electrons. The Hall–Kier alpha value is -3.25. The third kappa shape index (κ3) is 3.34. The Balaban J connectivity index is 1.79. The van der Waals surface area contributed by atoms with E-state index in [2.05, 4.69) is 21.2 Å². The van der Waals surface area contributed by atoms with E-state index in [1.165, 1.54) is 18.2 Å². The molecule has 0 unspecified atom stereocenters. The van der Waals surface area contributed by atoms with Crippen LogP contribution >= 0.6 is 15.9 Å². The van der Waals surface area contributed by atoms with Gasteiger partial charge in [0.1, 0.15) is 11.4 Å². The normalized spacial score (nSPS) is 10.8. The van der Waals surface area contributed by atoms with E-state index in [-0.39, 0.29) is 22.8 Å². The number of amides is 1. The number of para-hydroxylation sites is 1. The van der Waals surface area contributed by atoms with Crippen molar-refractivity contribution in [1.82, 2.24) is 0 Å². The number of benzene rings is 3. The number of anilines is 1. The zero-order valence-electron chi connectivity index (χ0n) is 14.4. The predicted octanol–water partition coefficient (Wildman–Crippen LogP) is 5.82. The van der Waals surface area contributed by atoms with Crippen LogP contribution in [0.25, 0.3) is 11.0 Å². The number of ketones is 1. The van der Waals surface area contributed by atoms with Crippen LogP contribution in [-0.2, 0) is 0 Å². The van der Waals surface area contributed by atoms with Crippen LogP contribution in [0.2, 0.25) is 0 Å². The number of fused-ring (bicyclic) bond motifs is 1. The molecule has 0 aliphatic carbocycles. The molecule has 1 heterocycles. The van der Waals surface area contributed by atoms with Crippen LogP contribution < -0.4 is 5.32 Å². The van der Waals surface area contributed by atoms with Crippen molar-refractivity contribution in [2.45, 2.75) is 0 Å². The smallest absolute Gasteiger partial charge is 0.258 e. The Morgan fingerprint density at radius 2 is 1.57 bits per heavy atom. The van der Waals surface area contributed by atoms with E-state index in [9.17, 15) is 14.0 Å². The van der Waals surface area contributed by atoms with Crippen molar-refractivity contribution in [2.24, 2.45) is 0 Å². The summed E-state index contributed by atoms with van der Waals surface area (Å²) in [6.07, 6.45) is 0. The van der Waals surface area contributed by atoms with Crippen molar-refractivity contribution >= 4 is 44.3 Å². The Morgan fingerprint density at radius 3 is 2.32 bits per heavy atom. The van der Waals surface area contributed by atoms with Gasteiger partial charge in [-0.25, -0.2) is 4.39 Å². The molecule has 3 aromatic carbocycles. The number of hydrogen-bond donors (Lipinski definition) is 1. The minimum atomic E-state index is -0.658. The fraction of sp³-hybridized carbons (Fsp3) is 0. The number of nitrogens with one attached hydrogen (secondary N) is 1. The van der Waals surface area contributed by atoms with Gasteiger partial charge in [0.25, 0.3) is 5.91 Å². The summed E-state index contributed by atoms with van der Waals surface area (Å²) < 4.78 is 20.6. The summed E-state index contributed by atoms with van der Waals surface area (Å²) in [5.41, 5.74) is 0.960. The van der Waals surface area contributed by atoms with Gasteiger partial charge < -0.3 is 9.73 Å². The van der Waals surface area contributed by atoms with Crippen LogP contribution in [0.3, 0.4) is 0 Å². The lowest BCUT2D eigenvalue weighted by Gasteiger charge is -2.07. The highest BCUT2D eigenvalue weighted by Crippen LogP contribution is 2.33. The summed E-state index contributed by atoms with van der Waals surface area (Å²) in [6, 6.07) is 19.4. The van der Waals surface area contributed by atoms with Gasteiger partial charge in [-0.1, -0.05) is 40.2 Å². The molecular formula is C22H13BrFNO3. The van der Waals surface area contributed by atoms with Crippen molar-refractivity contribution in [1.29, 1.82) is 0 Å². The van der Waals surface area contributed by atoms with Gasteiger partial charge in [0, 0.05) is 15.4 Å². The van der Waals surface area contributed by atoms with Crippen LogP contribution in [-0.4, -0.2) is 11.7 Å². The first-order chi connectivity index (χ1) is 13.5. The van der Waals surface area contributed by atoms with Gasteiger partial charge in [0.15, 0.2) is 5.76 Å². The molecule has 0 aliphatic rings. The Morgan fingerprint density at radius 1 is 0.893 bits per heavy atom. The van der Waals surface area contributed by atoms with Gasteiger partial charge in [0.05, 0.1) is 11.3 Å². The van der Waals surface area contributed by atoms with Gasteiger partial charge in [-0.15, -0.1) is 0 Å². The van der Waals surface area contributed by atoms with Crippen molar-refractivity contribution in [3.8, 4) is 0 Å². The van der Waals surface area contributed by atoms with E-state index in [1.807, 2.05) is 0 Å². The molecule has 4 nitrogen and oxygen atoms in total. The second-order valence-corrected chi connectivity index (χ2v) is 6.99. The maximum Gasteiger partial charge on any atom is 0.258 e. The third-order valence-electron chi connectivity index (χ3n) is 4.27. The van der Waals surface area contributed by atoms with Crippen molar-refractivity contribution in [3.05, 3.63) is 100.0 Å². The standard InChI is InChI=1S/C22H13BrFNO3/c23-14-11-9-13(10-12-14)20(26)21-19(16-6-2-4-8-18(16)28-21)25-22(27)15-5-1-3-7-17(15)24/h1-12H,(H,25,27). The second kappa shape index (κ2) is 7.40. The molecule has 0 fully saturated rings. The number of hydrogen-bond acceptors (Lipinski definition) is 3. The average molecular weight is 438 g/mol. The topological polar surface area (TPSA) is 59.3 Å². The molecule has 1 amide bonds. The zero-order chi connectivity index (χ0) is 19.7. The first kappa shape index (κ1) is 18.1. The monoisotopic (exact) mass is 437 g/mol. The fourth-order valence-electron chi connectivity index (χ4n) is 2.89. The van der Waals surface area contributed by atoms with Gasteiger partial charge in [-0.3, -0.25) is 9.59 Å². The van der Waals surface area contributed by atoms with Crippen molar-refractivity contribution in [2.75, 3.05) is 5.32 Å². The van der Waals surface area contributed by atoms with Gasteiger partial charge in [-0.05, 0) is 48.5 Å². The summed E-state index contributed by atoms with van der Waals surface area (Å²) in [7, 11) is 0. The molecular weight excluding hydrogens is 425 g/mol. The number of carbonyl (C=O) groups is 2. The minimum absolute atomic E-state index is 0.00629. The number of rotatable bonds is 4. The summed E-state index contributed by atoms with van der Waals surface area (Å²) in [5.74, 6) is -1.69. The van der Waals surface area contributed by atoms with Crippen LogP contribution in [0.1, 0.15) is 26.5 Å². The van der Waals surface area contributed by atoms with Crippen LogP contribution in [0.5, 0.6) is 0 Å². The minimum Gasteiger partial charge on any atom is -0.450 e. The zero-order valence-corrected chi connectivity index (χ0v) is 16.0. The lowest BCUT2D eigenvalue weighted by atomic mass is 10.1. The van der Waals surface area contributed by atoms with Gasteiger partial charge >= 0.3 is 0 Å². The van der Waals surface area contributed by atoms with E-state index in [1.54, 1.807) is 54.6 Å². The Kier molecular flexibility index (Phi) is 4.79. The molecule has 0 saturated carbocycles. The van der Waals surface area contributed by atoms with Crippen LogP contribution in [0, 0.1) is 5.82 Å². The molecule has 0 aliphatic heterocycles. The number of furan rings is 1. The van der Waals surface area contributed by atoms with Crippen LogP contribution in [0.4, 0.5) is 10.1 Å². The molecule has 0 spiro atoms. The Labute approximate surface area is 168 Å². The lowest BCUT2D eigenvalue weighted by Crippen LogP contribution is -2.15. The molecule has 1 N–H and O–H groups in total. The molecule has 0 bridgehead atoms. The van der Waals surface area contributed by atoms with Crippen molar-refractivity contribution < 1.29 is 18.4 Å². The number of halogens is 2. The lowest BCUT2D eigenvalue weighted by molar-refractivity contribution is 0.101. The maximum absolute atomic E-state index is 14.0. The van der Waals surface area contributed by atoms with E-state index in [0.29, 0.717) is 16.5 Å². The highest BCUT2D eigenvalue weighted by Gasteiger charge is 2.24. The summed E-state index contributed by atoms with van der Waals surface area (Å²) in [5, 5.41) is 3.21. The predicted molar refractivity (Wildman–Crippen MR) is 108 cm³/mol. The highest BCUT2D eigenvalue weighted by molar-refractivity contribution is 9.10. The molecule has 4 aromatic rings. The van der Waals surface area contributed by atoms with E-state index < -0.39 is 11.7 Å². The molecule has 6 heteroatoms. The van der Waals surface area contributed by atoms with Crippen LogP contribution in [0.15, 0.2) is 81.7 Å². The molecule has 4 rings (SSSR count). The molecule has 138 valence electrons. The largest absolute Gasteiger partial charge is 0.450 e.